The quantitative estimate of drug-likeness (QED) is 0.470. The zero-order valence-electron chi connectivity index (χ0n) is 11.6. The van der Waals surface area contributed by atoms with E-state index in [1.165, 1.54) is 32.1 Å². The lowest BCUT2D eigenvalue weighted by molar-refractivity contribution is 0.252. The van der Waals surface area contributed by atoms with Crippen LogP contribution in [0.1, 0.15) is 39.0 Å². The molecule has 0 amide bonds. The minimum atomic E-state index is 0. The fourth-order valence-electron chi connectivity index (χ4n) is 2.42. The number of guanidine groups is 1. The Kier molecular flexibility index (Phi) is 6.70. The SMILES string of the molecule is CC(CN=C(N)N1CCCCC1)N(C)C1CC1.I. The predicted octanol–water partition coefficient (Wildman–Crippen LogP) is 1.89. The predicted molar refractivity (Wildman–Crippen MR) is 87.6 cm³/mol. The minimum absolute atomic E-state index is 0. The number of nitrogens with zero attached hydrogens (tertiary/aromatic N) is 3. The topological polar surface area (TPSA) is 44.9 Å². The van der Waals surface area contributed by atoms with Crippen molar-refractivity contribution in [3.63, 3.8) is 0 Å². The van der Waals surface area contributed by atoms with Crippen molar-refractivity contribution in [3.05, 3.63) is 0 Å². The van der Waals surface area contributed by atoms with Crippen LogP contribution in [-0.4, -0.2) is 54.5 Å². The number of hydrogen-bond donors (Lipinski definition) is 1. The summed E-state index contributed by atoms with van der Waals surface area (Å²) >= 11 is 0. The number of hydrogen-bond acceptors (Lipinski definition) is 2. The minimum Gasteiger partial charge on any atom is -0.370 e. The molecule has 0 bridgehead atoms. The van der Waals surface area contributed by atoms with Crippen molar-refractivity contribution in [3.8, 4) is 0 Å². The summed E-state index contributed by atoms with van der Waals surface area (Å²) in [6.07, 6.45) is 6.56. The second-order valence-corrected chi connectivity index (χ2v) is 5.49. The van der Waals surface area contributed by atoms with Crippen molar-refractivity contribution in [2.24, 2.45) is 10.7 Å². The van der Waals surface area contributed by atoms with Gasteiger partial charge in [0.1, 0.15) is 0 Å². The lowest BCUT2D eigenvalue weighted by Crippen LogP contribution is -2.42. The molecule has 2 fully saturated rings. The van der Waals surface area contributed by atoms with E-state index in [1.807, 2.05) is 0 Å². The lowest BCUT2D eigenvalue weighted by atomic mass is 10.1. The highest BCUT2D eigenvalue weighted by Crippen LogP contribution is 2.26. The highest BCUT2D eigenvalue weighted by atomic mass is 127. The van der Waals surface area contributed by atoms with Crippen LogP contribution in [0.2, 0.25) is 0 Å². The van der Waals surface area contributed by atoms with Gasteiger partial charge in [0.05, 0.1) is 6.54 Å². The summed E-state index contributed by atoms with van der Waals surface area (Å²) in [6, 6.07) is 1.31. The molecule has 0 aromatic carbocycles. The number of likely N-dealkylation sites (N-methyl/N-ethyl adjacent to an activating group) is 1. The standard InChI is InChI=1S/C13H26N4.HI/c1-11(16(2)12-6-7-12)10-15-13(14)17-8-4-3-5-9-17;/h11-12H,3-10H2,1-2H3,(H2,14,15);1H. The van der Waals surface area contributed by atoms with Gasteiger partial charge in [-0.05, 0) is 46.1 Å². The molecule has 1 saturated carbocycles. The van der Waals surface area contributed by atoms with Crippen LogP contribution in [0.4, 0.5) is 0 Å². The summed E-state index contributed by atoms with van der Waals surface area (Å²) in [5, 5.41) is 0. The largest absolute Gasteiger partial charge is 0.370 e. The molecule has 5 heteroatoms. The average Bonchev–Trinajstić information content (AvgIpc) is 3.20. The fraction of sp³-hybridized carbons (Fsp3) is 0.923. The molecule has 0 aromatic heterocycles. The Labute approximate surface area is 128 Å². The van der Waals surface area contributed by atoms with Gasteiger partial charge in [0, 0.05) is 25.2 Å². The van der Waals surface area contributed by atoms with E-state index in [4.69, 9.17) is 5.73 Å². The molecule has 1 heterocycles. The summed E-state index contributed by atoms with van der Waals surface area (Å²) < 4.78 is 0. The van der Waals surface area contributed by atoms with Gasteiger partial charge in [-0.3, -0.25) is 9.89 Å². The third-order valence-electron chi connectivity index (χ3n) is 4.02. The molecule has 0 radical (unpaired) electrons. The van der Waals surface area contributed by atoms with Crippen LogP contribution < -0.4 is 5.73 Å². The summed E-state index contributed by atoms with van der Waals surface area (Å²) in [4.78, 5) is 9.22. The number of aliphatic imine (C=N–C) groups is 1. The van der Waals surface area contributed by atoms with Crippen molar-refractivity contribution < 1.29 is 0 Å². The number of rotatable bonds is 4. The third-order valence-corrected chi connectivity index (χ3v) is 4.02. The molecule has 0 aromatic rings. The number of nitrogens with two attached hydrogens (primary N) is 1. The molecule has 1 aliphatic heterocycles. The van der Waals surface area contributed by atoms with Gasteiger partial charge in [-0.25, -0.2) is 0 Å². The zero-order chi connectivity index (χ0) is 12.3. The van der Waals surface area contributed by atoms with E-state index in [9.17, 15) is 0 Å². The van der Waals surface area contributed by atoms with Crippen molar-refractivity contribution in [2.75, 3.05) is 26.7 Å². The first-order valence-corrected chi connectivity index (χ1v) is 6.95. The first-order valence-electron chi connectivity index (χ1n) is 6.95. The number of piperidine rings is 1. The summed E-state index contributed by atoms with van der Waals surface area (Å²) in [7, 11) is 2.20. The van der Waals surface area contributed by atoms with E-state index in [0.717, 1.165) is 31.6 Å². The average molecular weight is 366 g/mol. The van der Waals surface area contributed by atoms with Gasteiger partial charge >= 0.3 is 0 Å². The molecule has 0 spiro atoms. The summed E-state index contributed by atoms with van der Waals surface area (Å²) in [5.74, 6) is 0.751. The van der Waals surface area contributed by atoms with Crippen molar-refractivity contribution >= 4 is 29.9 Å². The molecule has 1 aliphatic carbocycles. The summed E-state index contributed by atoms with van der Waals surface area (Å²) in [6.45, 7) is 5.24. The first-order chi connectivity index (χ1) is 8.18. The molecule has 4 nitrogen and oxygen atoms in total. The molecular weight excluding hydrogens is 339 g/mol. The van der Waals surface area contributed by atoms with Crippen LogP contribution in [0.3, 0.4) is 0 Å². The number of halogens is 1. The van der Waals surface area contributed by atoms with E-state index in [1.54, 1.807) is 0 Å². The van der Waals surface area contributed by atoms with E-state index in [0.29, 0.717) is 6.04 Å². The molecule has 2 aliphatic rings. The molecule has 18 heavy (non-hydrogen) atoms. The Bertz CT molecular complexity index is 272. The number of likely N-dealkylation sites (tertiary alicyclic amines) is 1. The Morgan fingerprint density at radius 1 is 1.33 bits per heavy atom. The highest BCUT2D eigenvalue weighted by molar-refractivity contribution is 14.0. The molecule has 1 saturated heterocycles. The van der Waals surface area contributed by atoms with Crippen LogP contribution in [0, 0.1) is 0 Å². The van der Waals surface area contributed by atoms with Gasteiger partial charge in [-0.1, -0.05) is 0 Å². The van der Waals surface area contributed by atoms with Crippen LogP contribution in [0.5, 0.6) is 0 Å². The molecule has 2 rings (SSSR count). The molecular formula is C13H27IN4. The smallest absolute Gasteiger partial charge is 0.191 e. The lowest BCUT2D eigenvalue weighted by Gasteiger charge is -2.28. The van der Waals surface area contributed by atoms with E-state index >= 15 is 0 Å². The maximum atomic E-state index is 6.05. The molecule has 106 valence electrons. The van der Waals surface area contributed by atoms with E-state index in [-0.39, 0.29) is 24.0 Å². The maximum absolute atomic E-state index is 6.05. The van der Waals surface area contributed by atoms with Gasteiger partial charge in [-0.15, -0.1) is 24.0 Å². The Hall–Kier alpha value is -0.0400. The van der Waals surface area contributed by atoms with Crippen molar-refractivity contribution in [1.29, 1.82) is 0 Å². The Morgan fingerprint density at radius 3 is 2.50 bits per heavy atom. The highest BCUT2D eigenvalue weighted by Gasteiger charge is 2.28. The van der Waals surface area contributed by atoms with Crippen LogP contribution in [0.15, 0.2) is 4.99 Å². The van der Waals surface area contributed by atoms with Crippen LogP contribution >= 0.6 is 24.0 Å². The summed E-state index contributed by atoms with van der Waals surface area (Å²) in [5.41, 5.74) is 6.05. The van der Waals surface area contributed by atoms with E-state index in [2.05, 4.69) is 28.8 Å². The second kappa shape index (κ2) is 7.53. The van der Waals surface area contributed by atoms with Gasteiger partial charge in [-0.2, -0.15) is 0 Å². The maximum Gasteiger partial charge on any atom is 0.191 e. The zero-order valence-corrected chi connectivity index (χ0v) is 14.0. The van der Waals surface area contributed by atoms with Crippen LogP contribution in [0.25, 0.3) is 0 Å². The van der Waals surface area contributed by atoms with Gasteiger partial charge in [0.15, 0.2) is 5.96 Å². The second-order valence-electron chi connectivity index (χ2n) is 5.49. The molecule has 1 unspecified atom stereocenters. The monoisotopic (exact) mass is 366 g/mol. The third kappa shape index (κ3) is 4.57. The first kappa shape index (κ1) is 16.0. The van der Waals surface area contributed by atoms with Crippen LogP contribution in [-0.2, 0) is 0 Å². The molecule has 1 atom stereocenters. The van der Waals surface area contributed by atoms with Crippen molar-refractivity contribution in [1.82, 2.24) is 9.80 Å². The molecule has 2 N–H and O–H groups in total. The van der Waals surface area contributed by atoms with E-state index < -0.39 is 0 Å². The van der Waals surface area contributed by atoms with Crippen molar-refractivity contribution in [2.45, 2.75) is 51.1 Å². The normalized spacial score (nSPS) is 22.8. The van der Waals surface area contributed by atoms with Gasteiger partial charge < -0.3 is 10.6 Å². The van der Waals surface area contributed by atoms with Gasteiger partial charge in [0.25, 0.3) is 0 Å². The Morgan fingerprint density at radius 2 is 1.94 bits per heavy atom. The fourth-order valence-corrected chi connectivity index (χ4v) is 2.42. The Balaban J connectivity index is 0.00000162. The van der Waals surface area contributed by atoms with Gasteiger partial charge in [0.2, 0.25) is 0 Å².